The highest BCUT2D eigenvalue weighted by atomic mass is 79.9. The number of likely N-dealkylation sites (tertiary alicyclic amines) is 1. The summed E-state index contributed by atoms with van der Waals surface area (Å²) in [5.74, 6) is -0.787. The van der Waals surface area contributed by atoms with Crippen LogP contribution in [-0.4, -0.2) is 29.7 Å². The number of aryl methyl sites for hydroxylation is 2. The minimum Gasteiger partial charge on any atom is -0.339 e. The highest BCUT2D eigenvalue weighted by Gasteiger charge is 2.29. The molecule has 26 heavy (non-hydrogen) atoms. The van der Waals surface area contributed by atoms with Gasteiger partial charge in [-0.1, -0.05) is 39.7 Å². The van der Waals surface area contributed by atoms with E-state index in [-0.39, 0.29) is 23.2 Å². The van der Waals surface area contributed by atoms with Crippen LogP contribution >= 0.6 is 15.9 Å². The molecule has 0 atom stereocenters. The van der Waals surface area contributed by atoms with Gasteiger partial charge in [0.2, 0.25) is 0 Å². The van der Waals surface area contributed by atoms with E-state index in [4.69, 9.17) is 0 Å². The van der Waals surface area contributed by atoms with Crippen molar-refractivity contribution >= 4 is 27.6 Å². The summed E-state index contributed by atoms with van der Waals surface area (Å²) in [5.41, 5.74) is 2.97. The van der Waals surface area contributed by atoms with Gasteiger partial charge in [-0.2, -0.15) is 0 Å². The summed E-state index contributed by atoms with van der Waals surface area (Å²) in [6.07, 6.45) is 1.21. The van der Waals surface area contributed by atoms with Gasteiger partial charge in [0.25, 0.3) is 5.91 Å². The minimum absolute atomic E-state index is 0.0763. The number of amides is 1. The topological polar surface area (TPSA) is 37.4 Å². The van der Waals surface area contributed by atoms with Crippen LogP contribution in [0.5, 0.6) is 0 Å². The number of ketones is 1. The first-order valence-corrected chi connectivity index (χ1v) is 9.52. The van der Waals surface area contributed by atoms with Crippen molar-refractivity contribution in [1.29, 1.82) is 0 Å². The summed E-state index contributed by atoms with van der Waals surface area (Å²) >= 11 is 3.20. The van der Waals surface area contributed by atoms with Crippen molar-refractivity contribution in [3.63, 3.8) is 0 Å². The maximum atomic E-state index is 14.0. The average Bonchev–Trinajstić information content (AvgIpc) is 2.61. The van der Waals surface area contributed by atoms with Gasteiger partial charge < -0.3 is 4.90 Å². The Labute approximate surface area is 161 Å². The van der Waals surface area contributed by atoms with Gasteiger partial charge in [-0.15, -0.1) is 0 Å². The van der Waals surface area contributed by atoms with Crippen molar-refractivity contribution in [3.8, 4) is 0 Å². The fourth-order valence-electron chi connectivity index (χ4n) is 3.49. The molecule has 5 heteroatoms. The van der Waals surface area contributed by atoms with E-state index in [0.29, 0.717) is 30.4 Å². The van der Waals surface area contributed by atoms with Crippen LogP contribution < -0.4 is 0 Å². The summed E-state index contributed by atoms with van der Waals surface area (Å²) in [4.78, 5) is 27.0. The Morgan fingerprint density at radius 3 is 2.31 bits per heavy atom. The number of piperidine rings is 1. The summed E-state index contributed by atoms with van der Waals surface area (Å²) in [5, 5.41) is 0. The standard InChI is InChI=1S/C21H21BrFNO2/c1-13-3-5-17(14(2)11-13)20(25)15-7-9-24(10-8-15)21(26)18-6-4-16(22)12-19(18)23/h3-6,11-12,15H,7-10H2,1-2H3. The van der Waals surface area contributed by atoms with Gasteiger partial charge in [0.15, 0.2) is 5.78 Å². The van der Waals surface area contributed by atoms with Crippen molar-refractivity contribution < 1.29 is 14.0 Å². The molecule has 1 fully saturated rings. The number of halogens is 2. The number of Topliss-reactive ketones (excluding diaryl/α,β-unsaturated/α-hetero) is 1. The van der Waals surface area contributed by atoms with E-state index in [1.165, 1.54) is 12.1 Å². The predicted octanol–water partition coefficient (Wildman–Crippen LogP) is 4.94. The molecule has 0 saturated carbocycles. The Hall–Kier alpha value is -2.01. The van der Waals surface area contributed by atoms with Crippen LogP contribution in [0.25, 0.3) is 0 Å². The van der Waals surface area contributed by atoms with Gasteiger partial charge >= 0.3 is 0 Å². The van der Waals surface area contributed by atoms with Gasteiger partial charge in [-0.25, -0.2) is 4.39 Å². The quantitative estimate of drug-likeness (QED) is 0.663. The van der Waals surface area contributed by atoms with E-state index in [1.807, 2.05) is 32.0 Å². The molecule has 2 aromatic carbocycles. The van der Waals surface area contributed by atoms with E-state index in [9.17, 15) is 14.0 Å². The SMILES string of the molecule is Cc1ccc(C(=O)C2CCN(C(=O)c3ccc(Br)cc3F)CC2)c(C)c1. The van der Waals surface area contributed by atoms with Crippen LogP contribution in [0.1, 0.15) is 44.7 Å². The Morgan fingerprint density at radius 2 is 1.69 bits per heavy atom. The van der Waals surface area contributed by atoms with Gasteiger partial charge in [0, 0.05) is 29.0 Å². The first-order valence-electron chi connectivity index (χ1n) is 8.72. The lowest BCUT2D eigenvalue weighted by atomic mass is 9.87. The second-order valence-corrected chi connectivity index (χ2v) is 7.79. The molecule has 1 saturated heterocycles. The van der Waals surface area contributed by atoms with E-state index in [2.05, 4.69) is 15.9 Å². The van der Waals surface area contributed by atoms with Crippen molar-refractivity contribution in [3.05, 3.63) is 68.9 Å². The molecule has 2 aromatic rings. The third kappa shape index (κ3) is 3.88. The van der Waals surface area contributed by atoms with Crippen LogP contribution in [-0.2, 0) is 0 Å². The van der Waals surface area contributed by atoms with E-state index >= 15 is 0 Å². The predicted molar refractivity (Wildman–Crippen MR) is 103 cm³/mol. The molecule has 1 amide bonds. The molecule has 0 aliphatic carbocycles. The summed E-state index contributed by atoms with van der Waals surface area (Å²) in [7, 11) is 0. The first-order chi connectivity index (χ1) is 12.4. The number of hydrogen-bond donors (Lipinski definition) is 0. The Bertz CT molecular complexity index is 786. The molecule has 3 nitrogen and oxygen atoms in total. The van der Waals surface area contributed by atoms with E-state index in [1.54, 1.807) is 11.0 Å². The molecule has 0 unspecified atom stereocenters. The lowest BCUT2D eigenvalue weighted by Gasteiger charge is -2.31. The monoisotopic (exact) mass is 417 g/mol. The van der Waals surface area contributed by atoms with Gasteiger partial charge in [-0.05, 0) is 50.5 Å². The molecular weight excluding hydrogens is 397 g/mol. The second-order valence-electron chi connectivity index (χ2n) is 6.87. The van der Waals surface area contributed by atoms with Gasteiger partial charge in [0.05, 0.1) is 5.56 Å². The number of hydrogen-bond acceptors (Lipinski definition) is 2. The first kappa shape index (κ1) is 18.8. The van der Waals surface area contributed by atoms with Crippen LogP contribution in [0.15, 0.2) is 40.9 Å². The fraction of sp³-hybridized carbons (Fsp3) is 0.333. The number of benzene rings is 2. The second kappa shape index (κ2) is 7.70. The lowest BCUT2D eigenvalue weighted by Crippen LogP contribution is -2.40. The van der Waals surface area contributed by atoms with E-state index < -0.39 is 5.82 Å². The lowest BCUT2D eigenvalue weighted by molar-refractivity contribution is 0.0646. The van der Waals surface area contributed by atoms with Crippen LogP contribution in [0.4, 0.5) is 4.39 Å². The number of carbonyl (C=O) groups is 2. The third-order valence-electron chi connectivity index (χ3n) is 4.96. The Morgan fingerprint density at radius 1 is 1.04 bits per heavy atom. The van der Waals surface area contributed by atoms with Crippen LogP contribution in [0, 0.1) is 25.6 Å². The zero-order valence-corrected chi connectivity index (χ0v) is 16.5. The zero-order valence-electron chi connectivity index (χ0n) is 14.9. The highest BCUT2D eigenvalue weighted by molar-refractivity contribution is 9.10. The molecule has 0 N–H and O–H groups in total. The summed E-state index contributed by atoms with van der Waals surface area (Å²) < 4.78 is 14.6. The molecule has 1 heterocycles. The molecule has 136 valence electrons. The summed E-state index contributed by atoms with van der Waals surface area (Å²) in [6, 6.07) is 10.3. The molecule has 1 aliphatic heterocycles. The van der Waals surface area contributed by atoms with Crippen LogP contribution in [0.2, 0.25) is 0 Å². The van der Waals surface area contributed by atoms with E-state index in [0.717, 1.165) is 16.7 Å². The zero-order chi connectivity index (χ0) is 18.8. The van der Waals surface area contributed by atoms with Crippen molar-refractivity contribution in [2.75, 3.05) is 13.1 Å². The molecule has 1 aliphatic rings. The Kier molecular flexibility index (Phi) is 5.56. The van der Waals surface area contributed by atoms with Crippen molar-refractivity contribution in [2.24, 2.45) is 5.92 Å². The largest absolute Gasteiger partial charge is 0.339 e. The Balaban J connectivity index is 1.67. The van der Waals surface area contributed by atoms with Gasteiger partial charge in [-0.3, -0.25) is 9.59 Å². The number of nitrogens with zero attached hydrogens (tertiary/aromatic N) is 1. The molecule has 3 rings (SSSR count). The van der Waals surface area contributed by atoms with Crippen molar-refractivity contribution in [2.45, 2.75) is 26.7 Å². The van der Waals surface area contributed by atoms with Gasteiger partial charge in [0.1, 0.15) is 5.82 Å². The van der Waals surface area contributed by atoms with Crippen molar-refractivity contribution in [1.82, 2.24) is 4.90 Å². The maximum Gasteiger partial charge on any atom is 0.256 e. The smallest absolute Gasteiger partial charge is 0.256 e. The molecule has 0 spiro atoms. The molecule has 0 aromatic heterocycles. The molecular formula is C21H21BrFNO2. The van der Waals surface area contributed by atoms with Crippen LogP contribution in [0.3, 0.4) is 0 Å². The molecule has 0 radical (unpaired) electrons. The number of rotatable bonds is 3. The maximum absolute atomic E-state index is 14.0. The summed E-state index contributed by atoms with van der Waals surface area (Å²) in [6.45, 7) is 4.90. The normalized spacial score (nSPS) is 15.2. The highest BCUT2D eigenvalue weighted by Crippen LogP contribution is 2.25. The fourth-order valence-corrected chi connectivity index (χ4v) is 3.82. The minimum atomic E-state index is -0.530. The average molecular weight is 418 g/mol. The number of carbonyl (C=O) groups excluding carboxylic acids is 2. The third-order valence-corrected chi connectivity index (χ3v) is 5.46. The molecule has 0 bridgehead atoms.